The van der Waals surface area contributed by atoms with Gasteiger partial charge in [-0.25, -0.2) is 4.98 Å². The van der Waals surface area contributed by atoms with E-state index in [1.54, 1.807) is 36.4 Å². The summed E-state index contributed by atoms with van der Waals surface area (Å²) in [6.07, 6.45) is 3.58. The van der Waals surface area contributed by atoms with E-state index < -0.39 is 0 Å². The number of nitrogens with zero attached hydrogens (tertiary/aromatic N) is 5. The Morgan fingerprint density at radius 2 is 1.79 bits per heavy atom. The second kappa shape index (κ2) is 9.97. The van der Waals surface area contributed by atoms with Gasteiger partial charge in [0.1, 0.15) is 10.8 Å². The van der Waals surface area contributed by atoms with Gasteiger partial charge in [-0.15, -0.1) is 21.5 Å². The summed E-state index contributed by atoms with van der Waals surface area (Å²) in [4.78, 5) is 9.07. The van der Waals surface area contributed by atoms with Crippen molar-refractivity contribution in [1.82, 2.24) is 24.7 Å². The topological polar surface area (TPSA) is 65.7 Å². The van der Waals surface area contributed by atoms with Crippen molar-refractivity contribution >= 4 is 23.1 Å². The van der Waals surface area contributed by atoms with E-state index in [2.05, 4.69) is 37.3 Å². The number of thioether (sulfide) groups is 1. The summed E-state index contributed by atoms with van der Waals surface area (Å²) in [6, 6.07) is 22.2. The fourth-order valence-corrected chi connectivity index (χ4v) is 5.15. The van der Waals surface area contributed by atoms with Crippen LogP contribution >= 0.6 is 23.1 Å². The lowest BCUT2D eigenvalue weighted by molar-refractivity contribution is 0.415. The van der Waals surface area contributed by atoms with Gasteiger partial charge in [0.2, 0.25) is 0 Å². The van der Waals surface area contributed by atoms with Gasteiger partial charge >= 0.3 is 0 Å². The number of thiazole rings is 1. The molecule has 0 unspecified atom stereocenters. The van der Waals surface area contributed by atoms with Crippen LogP contribution in [0.2, 0.25) is 0 Å². The summed E-state index contributed by atoms with van der Waals surface area (Å²) >= 11 is 3.29. The summed E-state index contributed by atoms with van der Waals surface area (Å²) in [6.45, 7) is 0.689. The predicted molar refractivity (Wildman–Crippen MR) is 132 cm³/mol. The van der Waals surface area contributed by atoms with Gasteiger partial charge in [-0.05, 0) is 42.0 Å². The van der Waals surface area contributed by atoms with Crippen LogP contribution in [0.5, 0.6) is 5.75 Å². The minimum Gasteiger partial charge on any atom is -0.497 e. The van der Waals surface area contributed by atoms with Crippen molar-refractivity contribution in [3.8, 4) is 27.7 Å². The minimum atomic E-state index is 0.689. The molecule has 6 nitrogen and oxygen atoms in total. The highest BCUT2D eigenvalue weighted by Gasteiger charge is 2.16. The van der Waals surface area contributed by atoms with Crippen molar-refractivity contribution in [3.63, 3.8) is 0 Å². The molecule has 5 aromatic rings. The molecule has 0 N–H and O–H groups in total. The molecule has 0 amide bonds. The van der Waals surface area contributed by atoms with E-state index in [1.807, 2.05) is 60.8 Å². The Balaban J connectivity index is 1.37. The van der Waals surface area contributed by atoms with E-state index in [0.717, 1.165) is 38.6 Å². The molecule has 5 rings (SSSR count). The molecule has 0 atom stereocenters. The lowest BCUT2D eigenvalue weighted by Crippen LogP contribution is -2.04. The van der Waals surface area contributed by atoms with E-state index in [1.165, 1.54) is 5.56 Å². The molecular weight excluding hydrogens is 450 g/mol. The second-order valence-electron chi connectivity index (χ2n) is 7.28. The van der Waals surface area contributed by atoms with Gasteiger partial charge in [0.15, 0.2) is 11.0 Å². The SMILES string of the molecule is COc1ccc(-c2nc(CSc3nnc(-c4cccnc4)n3Cc3ccccc3)cs2)cc1. The smallest absolute Gasteiger partial charge is 0.192 e. The van der Waals surface area contributed by atoms with Crippen LogP contribution in [0.15, 0.2) is 89.7 Å². The van der Waals surface area contributed by atoms with Crippen LogP contribution in [0.4, 0.5) is 0 Å². The Labute approximate surface area is 200 Å². The molecule has 164 valence electrons. The number of rotatable bonds is 8. The Hall–Kier alpha value is -3.49. The van der Waals surface area contributed by atoms with Gasteiger partial charge < -0.3 is 4.74 Å². The van der Waals surface area contributed by atoms with Crippen LogP contribution < -0.4 is 4.74 Å². The van der Waals surface area contributed by atoms with E-state index in [9.17, 15) is 0 Å². The normalized spacial score (nSPS) is 10.9. The van der Waals surface area contributed by atoms with Gasteiger partial charge in [-0.1, -0.05) is 42.1 Å². The number of aromatic nitrogens is 5. The number of hydrogen-bond donors (Lipinski definition) is 0. The Morgan fingerprint density at radius 3 is 2.55 bits per heavy atom. The first-order chi connectivity index (χ1) is 16.3. The molecule has 3 aromatic heterocycles. The summed E-state index contributed by atoms with van der Waals surface area (Å²) in [5, 5.41) is 12.9. The molecule has 0 spiro atoms. The van der Waals surface area contributed by atoms with Gasteiger partial charge in [-0.3, -0.25) is 9.55 Å². The molecule has 0 aliphatic carbocycles. The zero-order valence-electron chi connectivity index (χ0n) is 18.0. The first kappa shape index (κ1) is 21.4. The third-order valence-corrected chi connectivity index (χ3v) is 7.00. The highest BCUT2D eigenvalue weighted by atomic mass is 32.2. The maximum Gasteiger partial charge on any atom is 0.192 e. The van der Waals surface area contributed by atoms with Crippen LogP contribution in [0.25, 0.3) is 22.0 Å². The minimum absolute atomic E-state index is 0.689. The highest BCUT2D eigenvalue weighted by molar-refractivity contribution is 7.98. The maximum atomic E-state index is 5.25. The Morgan fingerprint density at radius 1 is 0.939 bits per heavy atom. The number of pyridine rings is 1. The van der Waals surface area contributed by atoms with Gasteiger partial charge in [0.25, 0.3) is 0 Å². The van der Waals surface area contributed by atoms with E-state index in [4.69, 9.17) is 9.72 Å². The quantitative estimate of drug-likeness (QED) is 0.266. The van der Waals surface area contributed by atoms with Crippen LogP contribution in [0.1, 0.15) is 11.3 Å². The van der Waals surface area contributed by atoms with Crippen LogP contribution in [-0.2, 0) is 12.3 Å². The van der Waals surface area contributed by atoms with Crippen molar-refractivity contribution in [2.45, 2.75) is 17.5 Å². The predicted octanol–water partition coefficient (Wildman–Crippen LogP) is 5.81. The highest BCUT2D eigenvalue weighted by Crippen LogP contribution is 2.30. The van der Waals surface area contributed by atoms with Crippen molar-refractivity contribution in [1.29, 1.82) is 0 Å². The zero-order valence-corrected chi connectivity index (χ0v) is 19.6. The largest absolute Gasteiger partial charge is 0.497 e. The third-order valence-electron chi connectivity index (χ3n) is 5.06. The van der Waals surface area contributed by atoms with Gasteiger partial charge in [0.05, 0.1) is 19.3 Å². The number of benzene rings is 2. The van der Waals surface area contributed by atoms with Crippen molar-refractivity contribution < 1.29 is 4.74 Å². The van der Waals surface area contributed by atoms with Crippen molar-refractivity contribution in [3.05, 3.63) is 95.8 Å². The number of methoxy groups -OCH3 is 1. The van der Waals surface area contributed by atoms with E-state index >= 15 is 0 Å². The molecule has 0 fully saturated rings. The van der Waals surface area contributed by atoms with E-state index in [-0.39, 0.29) is 0 Å². The molecule has 0 aliphatic heterocycles. The molecule has 8 heteroatoms. The average Bonchev–Trinajstić information content (AvgIpc) is 3.51. The molecular formula is C25H21N5OS2. The molecule has 0 saturated carbocycles. The zero-order chi connectivity index (χ0) is 22.5. The summed E-state index contributed by atoms with van der Waals surface area (Å²) in [7, 11) is 1.67. The monoisotopic (exact) mass is 471 g/mol. The molecule has 0 bridgehead atoms. The lowest BCUT2D eigenvalue weighted by Gasteiger charge is -2.10. The third kappa shape index (κ3) is 4.97. The summed E-state index contributed by atoms with van der Waals surface area (Å²) < 4.78 is 7.39. The first-order valence-electron chi connectivity index (χ1n) is 10.4. The maximum absolute atomic E-state index is 5.25. The molecule has 0 aliphatic rings. The van der Waals surface area contributed by atoms with Crippen molar-refractivity contribution in [2.75, 3.05) is 7.11 Å². The molecule has 0 saturated heterocycles. The van der Waals surface area contributed by atoms with Crippen LogP contribution in [0.3, 0.4) is 0 Å². The number of hydrogen-bond acceptors (Lipinski definition) is 7. The van der Waals surface area contributed by atoms with Crippen LogP contribution in [0, 0.1) is 0 Å². The number of ether oxygens (including phenoxy) is 1. The average molecular weight is 472 g/mol. The molecule has 0 radical (unpaired) electrons. The summed E-state index contributed by atoms with van der Waals surface area (Å²) in [5.41, 5.74) is 4.25. The lowest BCUT2D eigenvalue weighted by atomic mass is 10.2. The second-order valence-corrected chi connectivity index (χ2v) is 9.08. The van der Waals surface area contributed by atoms with Crippen molar-refractivity contribution in [2.24, 2.45) is 0 Å². The standard InChI is InChI=1S/C25H21N5OS2/c1-31-22-11-9-19(10-12-22)24-27-21(16-32-24)17-33-25-29-28-23(20-8-5-13-26-14-20)30(25)15-18-6-3-2-4-7-18/h2-14,16H,15,17H2,1H3. The molecule has 2 aromatic carbocycles. The van der Waals surface area contributed by atoms with Crippen LogP contribution in [-0.4, -0.2) is 31.8 Å². The fraction of sp³-hybridized carbons (Fsp3) is 0.120. The molecule has 3 heterocycles. The Bertz CT molecular complexity index is 1320. The first-order valence-corrected chi connectivity index (χ1v) is 12.3. The van der Waals surface area contributed by atoms with Gasteiger partial charge in [-0.2, -0.15) is 0 Å². The fourth-order valence-electron chi connectivity index (χ4n) is 3.39. The molecule has 33 heavy (non-hydrogen) atoms. The Kier molecular flexibility index (Phi) is 6.46. The van der Waals surface area contributed by atoms with E-state index in [0.29, 0.717) is 12.3 Å². The summed E-state index contributed by atoms with van der Waals surface area (Å²) in [5.74, 6) is 2.37. The van der Waals surface area contributed by atoms with Gasteiger partial charge in [0, 0.05) is 34.7 Å².